The molecule has 11 heavy (non-hydrogen) atoms. The van der Waals surface area contributed by atoms with Gasteiger partial charge in [0.2, 0.25) is 0 Å². The van der Waals surface area contributed by atoms with Gasteiger partial charge in [-0.2, -0.15) is 0 Å². The van der Waals surface area contributed by atoms with E-state index in [0.29, 0.717) is 0 Å². The predicted molar refractivity (Wildman–Crippen MR) is 52.7 cm³/mol. The second-order valence-corrected chi connectivity index (χ2v) is 2.88. The lowest BCUT2D eigenvalue weighted by Crippen LogP contribution is -2.22. The lowest BCUT2D eigenvalue weighted by atomic mass is 10.4. The van der Waals surface area contributed by atoms with Crippen molar-refractivity contribution >= 4 is 29.0 Å². The van der Waals surface area contributed by atoms with Crippen molar-refractivity contribution in [2.24, 2.45) is 4.99 Å². The van der Waals surface area contributed by atoms with Crippen molar-refractivity contribution in [1.82, 2.24) is 4.90 Å². The molecule has 0 radical (unpaired) electrons. The molecular formula is C7H13ClN2S. The van der Waals surface area contributed by atoms with E-state index in [1.165, 1.54) is 0 Å². The van der Waals surface area contributed by atoms with Crippen molar-refractivity contribution in [1.29, 1.82) is 0 Å². The summed E-state index contributed by atoms with van der Waals surface area (Å²) in [5.74, 6) is 0.723. The number of aliphatic imine (C=N–C) groups is 1. The zero-order chi connectivity index (χ0) is 8.53. The minimum atomic E-state index is 0.723. The van der Waals surface area contributed by atoms with Crippen molar-refractivity contribution < 1.29 is 0 Å². The van der Waals surface area contributed by atoms with Crippen LogP contribution in [-0.4, -0.2) is 42.6 Å². The second kappa shape index (κ2) is 8.15. The molecule has 0 unspecified atom stereocenters. The van der Waals surface area contributed by atoms with Gasteiger partial charge in [0.05, 0.1) is 11.7 Å². The summed E-state index contributed by atoms with van der Waals surface area (Å²) in [6.07, 6.45) is 1.03. The zero-order valence-corrected chi connectivity index (χ0v) is 8.29. The molecule has 64 valence electrons. The summed E-state index contributed by atoms with van der Waals surface area (Å²) in [6, 6.07) is 0. The molecule has 0 spiro atoms. The maximum atomic E-state index is 5.53. The third kappa shape index (κ3) is 7.95. The molecule has 4 heteroatoms. The van der Waals surface area contributed by atoms with Gasteiger partial charge < -0.3 is 4.90 Å². The van der Waals surface area contributed by atoms with Crippen molar-refractivity contribution in [3.05, 3.63) is 0 Å². The summed E-state index contributed by atoms with van der Waals surface area (Å²) in [6.45, 7) is 2.69. The minimum Gasteiger partial charge on any atom is -0.304 e. The van der Waals surface area contributed by atoms with E-state index < -0.39 is 0 Å². The molecule has 0 aromatic rings. The molecule has 2 nitrogen and oxygen atoms in total. The summed E-state index contributed by atoms with van der Waals surface area (Å²) in [5.41, 5.74) is 0. The van der Waals surface area contributed by atoms with Gasteiger partial charge in [0.1, 0.15) is 0 Å². The van der Waals surface area contributed by atoms with Crippen molar-refractivity contribution in [3.8, 4) is 0 Å². The van der Waals surface area contributed by atoms with E-state index in [1.807, 2.05) is 7.05 Å². The number of hydrogen-bond acceptors (Lipinski definition) is 3. The number of hydrogen-bond donors (Lipinski definition) is 0. The quantitative estimate of drug-likeness (QED) is 0.361. The van der Waals surface area contributed by atoms with Crippen LogP contribution in [0.1, 0.15) is 6.42 Å². The number of nitrogens with zero attached hydrogens (tertiary/aromatic N) is 2. The van der Waals surface area contributed by atoms with E-state index in [2.05, 4.69) is 27.3 Å². The predicted octanol–water partition coefficient (Wildman–Crippen LogP) is 1.65. The van der Waals surface area contributed by atoms with E-state index in [9.17, 15) is 0 Å². The summed E-state index contributed by atoms with van der Waals surface area (Å²) < 4.78 is 0. The molecule has 0 aromatic carbocycles. The van der Waals surface area contributed by atoms with E-state index >= 15 is 0 Å². The third-order valence-electron chi connectivity index (χ3n) is 1.33. The molecular weight excluding hydrogens is 180 g/mol. The van der Waals surface area contributed by atoms with Crippen molar-refractivity contribution in [2.75, 3.05) is 32.6 Å². The summed E-state index contributed by atoms with van der Waals surface area (Å²) in [4.78, 5) is 5.99. The highest BCUT2D eigenvalue weighted by Gasteiger charge is 1.94. The number of rotatable bonds is 6. The SMILES string of the molecule is CN(CCCCl)CCN=C=S. The Labute approximate surface area is 78.2 Å². The standard InChI is InChI=1S/C7H13ClN2S/c1-10(5-2-3-8)6-4-9-7-11/h2-6H2,1H3. The van der Waals surface area contributed by atoms with Crippen LogP contribution in [0.4, 0.5) is 0 Å². The Morgan fingerprint density at radius 3 is 2.82 bits per heavy atom. The van der Waals surface area contributed by atoms with Gasteiger partial charge in [-0.3, -0.25) is 0 Å². The topological polar surface area (TPSA) is 15.6 Å². The summed E-state index contributed by atoms with van der Waals surface area (Å²) in [7, 11) is 2.05. The Morgan fingerprint density at radius 2 is 2.27 bits per heavy atom. The number of isothiocyanates is 1. The molecule has 0 aliphatic rings. The van der Waals surface area contributed by atoms with Crippen LogP contribution in [0, 0.1) is 0 Å². The van der Waals surface area contributed by atoms with Gasteiger partial charge in [-0.1, -0.05) is 0 Å². The fourth-order valence-corrected chi connectivity index (χ4v) is 0.919. The molecule has 0 heterocycles. The van der Waals surface area contributed by atoms with Crippen LogP contribution >= 0.6 is 23.8 Å². The van der Waals surface area contributed by atoms with E-state index in [1.54, 1.807) is 0 Å². The Hall–Kier alpha value is 0.0500. The van der Waals surface area contributed by atoms with Crippen LogP contribution in [0.3, 0.4) is 0 Å². The first kappa shape index (κ1) is 11.1. The number of likely N-dealkylation sites (N-methyl/N-ethyl adjacent to an activating group) is 1. The van der Waals surface area contributed by atoms with Crippen LogP contribution in [0.25, 0.3) is 0 Å². The molecule has 0 rings (SSSR count). The van der Waals surface area contributed by atoms with Gasteiger partial charge in [0.25, 0.3) is 0 Å². The first-order chi connectivity index (χ1) is 5.31. The third-order valence-corrected chi connectivity index (χ3v) is 1.73. The fraction of sp³-hybridized carbons (Fsp3) is 0.857. The lowest BCUT2D eigenvalue weighted by molar-refractivity contribution is 0.345. The van der Waals surface area contributed by atoms with Gasteiger partial charge in [-0.05, 0) is 32.2 Å². The minimum absolute atomic E-state index is 0.723. The molecule has 0 aliphatic heterocycles. The normalized spacial score (nSPS) is 9.73. The zero-order valence-electron chi connectivity index (χ0n) is 6.72. The first-order valence-electron chi connectivity index (χ1n) is 3.59. The van der Waals surface area contributed by atoms with Gasteiger partial charge >= 0.3 is 0 Å². The molecule has 0 saturated carbocycles. The molecule has 0 fully saturated rings. The van der Waals surface area contributed by atoms with Crippen LogP contribution < -0.4 is 0 Å². The molecule has 0 atom stereocenters. The van der Waals surface area contributed by atoms with Crippen LogP contribution in [0.15, 0.2) is 4.99 Å². The fourth-order valence-electron chi connectivity index (χ4n) is 0.708. The molecule has 0 aliphatic carbocycles. The highest BCUT2D eigenvalue weighted by molar-refractivity contribution is 7.78. The largest absolute Gasteiger partial charge is 0.304 e. The molecule has 0 N–H and O–H groups in total. The Morgan fingerprint density at radius 1 is 1.55 bits per heavy atom. The maximum Gasteiger partial charge on any atom is 0.0620 e. The lowest BCUT2D eigenvalue weighted by Gasteiger charge is -2.13. The smallest absolute Gasteiger partial charge is 0.0620 e. The molecule has 0 saturated heterocycles. The van der Waals surface area contributed by atoms with Crippen molar-refractivity contribution in [3.63, 3.8) is 0 Å². The highest BCUT2D eigenvalue weighted by Crippen LogP contribution is 1.89. The Bertz CT molecular complexity index is 134. The Kier molecular flexibility index (Phi) is 8.19. The second-order valence-electron chi connectivity index (χ2n) is 2.32. The summed E-state index contributed by atoms with van der Waals surface area (Å²) >= 11 is 9.96. The van der Waals surface area contributed by atoms with E-state index in [0.717, 1.165) is 31.9 Å². The van der Waals surface area contributed by atoms with Gasteiger partial charge in [0.15, 0.2) is 0 Å². The molecule has 0 aromatic heterocycles. The van der Waals surface area contributed by atoms with Crippen LogP contribution in [0.5, 0.6) is 0 Å². The monoisotopic (exact) mass is 192 g/mol. The van der Waals surface area contributed by atoms with Gasteiger partial charge in [0, 0.05) is 12.4 Å². The highest BCUT2D eigenvalue weighted by atomic mass is 35.5. The van der Waals surface area contributed by atoms with E-state index in [4.69, 9.17) is 11.6 Å². The number of thiocarbonyl (C=S) groups is 1. The van der Waals surface area contributed by atoms with Crippen molar-refractivity contribution in [2.45, 2.75) is 6.42 Å². The Balaban J connectivity index is 3.21. The van der Waals surface area contributed by atoms with Gasteiger partial charge in [-0.15, -0.1) is 11.6 Å². The molecule has 0 bridgehead atoms. The average Bonchev–Trinajstić information content (AvgIpc) is 2.01. The van der Waals surface area contributed by atoms with E-state index in [-0.39, 0.29) is 0 Å². The average molecular weight is 193 g/mol. The first-order valence-corrected chi connectivity index (χ1v) is 4.53. The number of halogens is 1. The van der Waals surface area contributed by atoms with Crippen LogP contribution in [-0.2, 0) is 0 Å². The van der Waals surface area contributed by atoms with Crippen LogP contribution in [0.2, 0.25) is 0 Å². The van der Waals surface area contributed by atoms with Gasteiger partial charge in [-0.25, -0.2) is 4.99 Å². The molecule has 0 amide bonds. The summed E-state index contributed by atoms with van der Waals surface area (Å²) in [5, 5.41) is 2.33. The maximum absolute atomic E-state index is 5.53. The number of alkyl halides is 1.